The molecule has 0 aliphatic carbocycles. The van der Waals surface area contributed by atoms with Crippen molar-refractivity contribution in [2.75, 3.05) is 18.5 Å². The van der Waals surface area contributed by atoms with Crippen LogP contribution in [0.5, 0.6) is 0 Å². The molecule has 10 nitrogen and oxygen atoms in total. The van der Waals surface area contributed by atoms with Gasteiger partial charge in [0.2, 0.25) is 5.95 Å². The fraction of sp³-hybridized carbons (Fsp3) is 0.217. The van der Waals surface area contributed by atoms with Crippen molar-refractivity contribution in [2.45, 2.75) is 18.9 Å². The third-order valence-electron chi connectivity index (χ3n) is 5.73. The number of hydrogen-bond donors (Lipinski definition) is 1. The standard InChI is InChI=1S/C23H20N8O2/c32-22-19(7-3-4-10-24-22)27-23-26-18-6-2-1-5-17(18)21-28-20(29-31(21)23)15-13-25-30(14-15)16-8-11-33-12-9-16/h1-7,10,13-14,16H,8-9,11-12H2,(H,24,26,27,32). The van der Waals surface area contributed by atoms with E-state index in [1.807, 2.05) is 35.1 Å². The van der Waals surface area contributed by atoms with Crippen molar-refractivity contribution in [3.05, 3.63) is 71.4 Å². The molecule has 5 aromatic rings. The zero-order chi connectivity index (χ0) is 22.2. The first-order valence-electron chi connectivity index (χ1n) is 10.8. The third kappa shape index (κ3) is 3.60. The molecule has 4 aromatic heterocycles. The molecule has 1 N–H and O–H groups in total. The summed E-state index contributed by atoms with van der Waals surface area (Å²) in [6, 6.07) is 13.1. The first-order chi connectivity index (χ1) is 16.3. The minimum atomic E-state index is -0.388. The summed E-state index contributed by atoms with van der Waals surface area (Å²) in [6.45, 7) is 1.49. The Kier molecular flexibility index (Phi) is 4.76. The lowest BCUT2D eigenvalue weighted by Crippen LogP contribution is -2.19. The SMILES string of the molecule is O=c1nccccc1Nc1nc2ccccc2c2nc(-c3cnn(C4CCOCC4)c3)nn12. The lowest BCUT2D eigenvalue weighted by atomic mass is 10.1. The number of fused-ring (bicyclic) bond motifs is 3. The van der Waals surface area contributed by atoms with E-state index in [9.17, 15) is 4.79 Å². The molecule has 0 spiro atoms. The fourth-order valence-electron chi connectivity index (χ4n) is 4.03. The van der Waals surface area contributed by atoms with Crippen molar-refractivity contribution in [1.29, 1.82) is 0 Å². The molecule has 6 rings (SSSR count). The maximum Gasteiger partial charge on any atom is 0.293 e. The number of rotatable bonds is 4. The highest BCUT2D eigenvalue weighted by Crippen LogP contribution is 2.27. The highest BCUT2D eigenvalue weighted by Gasteiger charge is 2.19. The Hall–Kier alpha value is -4.18. The zero-order valence-electron chi connectivity index (χ0n) is 17.6. The summed E-state index contributed by atoms with van der Waals surface area (Å²) >= 11 is 0. The Balaban J connectivity index is 1.47. The van der Waals surface area contributed by atoms with E-state index >= 15 is 0 Å². The minimum Gasteiger partial charge on any atom is -0.381 e. The molecule has 1 aromatic carbocycles. The molecule has 1 fully saturated rings. The van der Waals surface area contributed by atoms with Crippen LogP contribution in [0.15, 0.2) is 65.8 Å². The van der Waals surface area contributed by atoms with Crippen molar-refractivity contribution in [1.82, 2.24) is 34.3 Å². The van der Waals surface area contributed by atoms with Crippen LogP contribution in [0.1, 0.15) is 18.9 Å². The second kappa shape index (κ2) is 8.06. The second-order valence-corrected chi connectivity index (χ2v) is 7.85. The normalized spacial score (nSPS) is 14.7. The highest BCUT2D eigenvalue weighted by atomic mass is 16.5. The van der Waals surface area contributed by atoms with Gasteiger partial charge in [-0.2, -0.15) is 9.61 Å². The summed E-state index contributed by atoms with van der Waals surface area (Å²) in [5, 5.41) is 13.2. The predicted molar refractivity (Wildman–Crippen MR) is 122 cm³/mol. The van der Waals surface area contributed by atoms with E-state index in [-0.39, 0.29) is 5.56 Å². The van der Waals surface area contributed by atoms with Crippen LogP contribution < -0.4 is 10.9 Å². The van der Waals surface area contributed by atoms with Crippen molar-refractivity contribution >= 4 is 28.2 Å². The molecule has 0 radical (unpaired) electrons. The summed E-state index contributed by atoms with van der Waals surface area (Å²) in [7, 11) is 0. The van der Waals surface area contributed by atoms with E-state index in [4.69, 9.17) is 19.8 Å². The van der Waals surface area contributed by atoms with Crippen LogP contribution in [0.25, 0.3) is 27.9 Å². The monoisotopic (exact) mass is 440 g/mol. The Morgan fingerprint density at radius 1 is 1.03 bits per heavy atom. The van der Waals surface area contributed by atoms with Crippen LogP contribution in [-0.2, 0) is 4.74 Å². The first kappa shape index (κ1) is 19.5. The molecule has 1 aliphatic heterocycles. The molecule has 1 saturated heterocycles. The van der Waals surface area contributed by atoms with Gasteiger partial charge in [-0.05, 0) is 37.1 Å². The number of benzene rings is 1. The van der Waals surface area contributed by atoms with Crippen LogP contribution in [0.2, 0.25) is 0 Å². The topological polar surface area (TPSA) is 112 Å². The van der Waals surface area contributed by atoms with Crippen LogP contribution in [0.4, 0.5) is 11.6 Å². The third-order valence-corrected chi connectivity index (χ3v) is 5.73. The lowest BCUT2D eigenvalue weighted by molar-refractivity contribution is 0.0662. The van der Waals surface area contributed by atoms with E-state index in [1.54, 1.807) is 28.9 Å². The fourth-order valence-corrected chi connectivity index (χ4v) is 4.03. The van der Waals surface area contributed by atoms with Crippen LogP contribution in [0, 0.1) is 0 Å². The molecule has 33 heavy (non-hydrogen) atoms. The quantitative estimate of drug-likeness (QED) is 0.454. The number of hydrogen-bond acceptors (Lipinski definition) is 8. The zero-order valence-corrected chi connectivity index (χ0v) is 17.6. The molecule has 10 heteroatoms. The second-order valence-electron chi connectivity index (χ2n) is 7.85. The molecule has 0 unspecified atom stereocenters. The largest absolute Gasteiger partial charge is 0.381 e. The molecular formula is C23H20N8O2. The minimum absolute atomic E-state index is 0.300. The van der Waals surface area contributed by atoms with Gasteiger partial charge in [0.05, 0.1) is 23.3 Å². The van der Waals surface area contributed by atoms with Gasteiger partial charge in [-0.15, -0.1) is 5.10 Å². The number of nitrogens with one attached hydrogen (secondary N) is 1. The van der Waals surface area contributed by atoms with E-state index in [2.05, 4.69) is 15.4 Å². The van der Waals surface area contributed by atoms with Crippen molar-refractivity contribution in [2.24, 2.45) is 0 Å². The van der Waals surface area contributed by atoms with E-state index in [0.29, 0.717) is 29.1 Å². The van der Waals surface area contributed by atoms with Crippen molar-refractivity contribution in [3.63, 3.8) is 0 Å². The van der Waals surface area contributed by atoms with E-state index < -0.39 is 0 Å². The van der Waals surface area contributed by atoms with Crippen LogP contribution >= 0.6 is 0 Å². The van der Waals surface area contributed by atoms with Crippen LogP contribution in [-0.4, -0.2) is 47.6 Å². The predicted octanol–water partition coefficient (Wildman–Crippen LogP) is 2.99. The van der Waals surface area contributed by atoms with Crippen molar-refractivity contribution in [3.8, 4) is 11.4 Å². The number of aromatic nitrogens is 7. The van der Waals surface area contributed by atoms with Crippen molar-refractivity contribution < 1.29 is 4.74 Å². The molecule has 1 aliphatic rings. The Morgan fingerprint density at radius 2 is 1.88 bits per heavy atom. The number of nitrogens with zero attached hydrogens (tertiary/aromatic N) is 7. The van der Waals surface area contributed by atoms with Gasteiger partial charge in [0.1, 0.15) is 5.69 Å². The molecule has 164 valence electrons. The molecule has 5 heterocycles. The summed E-state index contributed by atoms with van der Waals surface area (Å²) in [5.74, 6) is 0.915. The van der Waals surface area contributed by atoms with Gasteiger partial charge in [0.15, 0.2) is 11.5 Å². The van der Waals surface area contributed by atoms with Gasteiger partial charge in [-0.25, -0.2) is 15.0 Å². The summed E-state index contributed by atoms with van der Waals surface area (Å²) < 4.78 is 9.05. The molecule has 0 saturated carbocycles. The highest BCUT2D eigenvalue weighted by molar-refractivity contribution is 5.93. The number of para-hydroxylation sites is 1. The first-order valence-corrected chi connectivity index (χ1v) is 10.8. The van der Waals surface area contributed by atoms with Gasteiger partial charge in [0, 0.05) is 31.0 Å². The lowest BCUT2D eigenvalue weighted by Gasteiger charge is -2.22. The smallest absolute Gasteiger partial charge is 0.293 e. The van der Waals surface area contributed by atoms with Gasteiger partial charge < -0.3 is 10.1 Å². The molecule has 0 atom stereocenters. The maximum atomic E-state index is 12.3. The molecule has 0 amide bonds. The average molecular weight is 440 g/mol. The average Bonchev–Trinajstić information content (AvgIpc) is 3.47. The summed E-state index contributed by atoms with van der Waals surface area (Å²) in [6.07, 6.45) is 7.08. The Labute approximate surface area is 187 Å². The number of ether oxygens (including phenoxy) is 1. The van der Waals surface area contributed by atoms with Gasteiger partial charge >= 0.3 is 0 Å². The van der Waals surface area contributed by atoms with Gasteiger partial charge in [-0.1, -0.05) is 18.2 Å². The summed E-state index contributed by atoms with van der Waals surface area (Å²) in [4.78, 5) is 25.7. The van der Waals surface area contributed by atoms with Gasteiger partial charge in [0.25, 0.3) is 5.56 Å². The maximum absolute atomic E-state index is 12.3. The van der Waals surface area contributed by atoms with Gasteiger partial charge in [-0.3, -0.25) is 9.48 Å². The molecular weight excluding hydrogens is 420 g/mol. The summed E-state index contributed by atoms with van der Waals surface area (Å²) in [5.41, 5.74) is 2.11. The van der Waals surface area contributed by atoms with E-state index in [1.165, 1.54) is 6.20 Å². The van der Waals surface area contributed by atoms with E-state index in [0.717, 1.165) is 42.5 Å². The van der Waals surface area contributed by atoms with Crippen LogP contribution in [0.3, 0.4) is 0 Å². The number of anilines is 2. The Bertz CT molecular complexity index is 1520. The molecule has 0 bridgehead atoms. The Morgan fingerprint density at radius 3 is 2.79 bits per heavy atom.